The van der Waals surface area contributed by atoms with Crippen LogP contribution in [0, 0.1) is 11.7 Å². The van der Waals surface area contributed by atoms with Crippen molar-refractivity contribution in [3.05, 3.63) is 30.1 Å². The molecule has 0 unspecified atom stereocenters. The van der Waals surface area contributed by atoms with Crippen molar-refractivity contribution in [3.8, 4) is 5.75 Å². The first-order chi connectivity index (χ1) is 10.7. The molecule has 0 radical (unpaired) electrons. The Morgan fingerprint density at radius 1 is 1.36 bits per heavy atom. The molecule has 22 heavy (non-hydrogen) atoms. The second-order valence-electron chi connectivity index (χ2n) is 5.76. The molecule has 1 aliphatic rings. The molecule has 1 N–H and O–H groups in total. The van der Waals surface area contributed by atoms with Crippen LogP contribution in [0.4, 0.5) is 4.39 Å². The van der Waals surface area contributed by atoms with E-state index in [-0.39, 0.29) is 17.5 Å². The molecule has 2 rings (SSSR count). The molecule has 1 amide bonds. The van der Waals surface area contributed by atoms with E-state index in [2.05, 4.69) is 5.32 Å². The summed E-state index contributed by atoms with van der Waals surface area (Å²) in [7, 11) is 1.97. The van der Waals surface area contributed by atoms with Gasteiger partial charge in [-0.1, -0.05) is 12.1 Å². The third-order valence-corrected chi connectivity index (χ3v) is 4.09. The lowest BCUT2D eigenvalue weighted by atomic mass is 9.96. The van der Waals surface area contributed by atoms with Gasteiger partial charge in [-0.25, -0.2) is 4.39 Å². The van der Waals surface area contributed by atoms with Crippen LogP contribution in [0.2, 0.25) is 0 Å². The van der Waals surface area contributed by atoms with Crippen LogP contribution < -0.4 is 10.1 Å². The molecule has 1 aliphatic heterocycles. The summed E-state index contributed by atoms with van der Waals surface area (Å²) < 4.78 is 18.7. The second-order valence-corrected chi connectivity index (χ2v) is 5.76. The molecule has 1 fully saturated rings. The lowest BCUT2D eigenvalue weighted by Crippen LogP contribution is -2.40. The Balaban J connectivity index is 1.63. The molecule has 122 valence electrons. The topological polar surface area (TPSA) is 41.6 Å². The summed E-state index contributed by atoms with van der Waals surface area (Å²) in [5, 5.41) is 3.19. The lowest BCUT2D eigenvalue weighted by Gasteiger charge is -2.32. The molecule has 1 aromatic carbocycles. The van der Waals surface area contributed by atoms with E-state index in [9.17, 15) is 9.18 Å². The van der Waals surface area contributed by atoms with Gasteiger partial charge in [-0.05, 0) is 50.9 Å². The standard InChI is InChI=1S/C17H25FN2O2/c1-19-13-14-8-10-20(11-9-14)17(21)7-4-12-22-16-6-3-2-5-15(16)18/h2-3,5-6,14,19H,4,7-13H2,1H3. The van der Waals surface area contributed by atoms with E-state index in [0.717, 1.165) is 32.5 Å². The third kappa shape index (κ3) is 4.98. The minimum atomic E-state index is -0.361. The van der Waals surface area contributed by atoms with E-state index in [1.807, 2.05) is 11.9 Å². The van der Waals surface area contributed by atoms with Crippen LogP contribution in [0.5, 0.6) is 5.75 Å². The van der Waals surface area contributed by atoms with Gasteiger partial charge in [-0.3, -0.25) is 4.79 Å². The Bertz CT molecular complexity index is 473. The first kappa shape index (κ1) is 16.7. The maximum Gasteiger partial charge on any atom is 0.222 e. The Morgan fingerprint density at radius 2 is 2.09 bits per heavy atom. The second kappa shape index (κ2) is 8.73. The van der Waals surface area contributed by atoms with Crippen molar-refractivity contribution >= 4 is 5.91 Å². The molecule has 0 aliphatic carbocycles. The number of hydrogen-bond donors (Lipinski definition) is 1. The average Bonchev–Trinajstić information content (AvgIpc) is 2.54. The van der Waals surface area contributed by atoms with E-state index in [4.69, 9.17) is 4.74 Å². The van der Waals surface area contributed by atoms with Gasteiger partial charge in [0.25, 0.3) is 0 Å². The summed E-state index contributed by atoms with van der Waals surface area (Å²) in [6, 6.07) is 6.34. The third-order valence-electron chi connectivity index (χ3n) is 4.09. The molecule has 4 nitrogen and oxygen atoms in total. The number of benzene rings is 1. The van der Waals surface area contributed by atoms with Crippen LogP contribution in [0.3, 0.4) is 0 Å². The number of nitrogens with one attached hydrogen (secondary N) is 1. The van der Waals surface area contributed by atoms with Crippen molar-refractivity contribution in [2.75, 3.05) is 33.3 Å². The van der Waals surface area contributed by atoms with Crippen LogP contribution in [-0.2, 0) is 4.79 Å². The minimum absolute atomic E-state index is 0.181. The number of carbonyl (C=O) groups excluding carboxylic acids is 1. The summed E-state index contributed by atoms with van der Waals surface area (Å²) >= 11 is 0. The Morgan fingerprint density at radius 3 is 2.77 bits per heavy atom. The minimum Gasteiger partial charge on any atom is -0.491 e. The van der Waals surface area contributed by atoms with E-state index in [1.165, 1.54) is 6.07 Å². The molecule has 1 heterocycles. The van der Waals surface area contributed by atoms with Gasteiger partial charge in [0.15, 0.2) is 11.6 Å². The van der Waals surface area contributed by atoms with Crippen molar-refractivity contribution in [3.63, 3.8) is 0 Å². The van der Waals surface area contributed by atoms with Gasteiger partial charge in [0.2, 0.25) is 5.91 Å². The summed E-state index contributed by atoms with van der Waals surface area (Å²) in [6.07, 6.45) is 3.21. The molecular formula is C17H25FN2O2. The number of halogens is 1. The fraction of sp³-hybridized carbons (Fsp3) is 0.588. The van der Waals surface area contributed by atoms with Gasteiger partial charge in [0, 0.05) is 19.5 Å². The molecule has 5 heteroatoms. The number of rotatable bonds is 7. The highest BCUT2D eigenvalue weighted by Crippen LogP contribution is 2.18. The fourth-order valence-corrected chi connectivity index (χ4v) is 2.80. The van der Waals surface area contributed by atoms with Crippen molar-refractivity contribution in [2.24, 2.45) is 5.92 Å². The summed E-state index contributed by atoms with van der Waals surface area (Å²) in [5.74, 6) is 0.752. The number of hydrogen-bond acceptors (Lipinski definition) is 3. The number of para-hydroxylation sites is 1. The predicted molar refractivity (Wildman–Crippen MR) is 84.4 cm³/mol. The maximum absolute atomic E-state index is 13.4. The molecule has 0 spiro atoms. The van der Waals surface area contributed by atoms with Gasteiger partial charge >= 0.3 is 0 Å². The average molecular weight is 308 g/mol. The van der Waals surface area contributed by atoms with Gasteiger partial charge in [-0.15, -0.1) is 0 Å². The van der Waals surface area contributed by atoms with E-state index in [0.29, 0.717) is 25.4 Å². The first-order valence-corrected chi connectivity index (χ1v) is 8.00. The van der Waals surface area contributed by atoms with Crippen LogP contribution in [0.15, 0.2) is 24.3 Å². The zero-order valence-electron chi connectivity index (χ0n) is 13.2. The smallest absolute Gasteiger partial charge is 0.222 e. The molecule has 0 atom stereocenters. The van der Waals surface area contributed by atoms with Crippen molar-refractivity contribution in [1.29, 1.82) is 0 Å². The highest BCUT2D eigenvalue weighted by molar-refractivity contribution is 5.76. The van der Waals surface area contributed by atoms with Crippen molar-refractivity contribution in [1.82, 2.24) is 10.2 Å². The molecule has 0 aromatic heterocycles. The van der Waals surface area contributed by atoms with Crippen LogP contribution in [-0.4, -0.2) is 44.1 Å². The summed E-state index contributed by atoms with van der Waals surface area (Å²) in [4.78, 5) is 14.1. The quantitative estimate of drug-likeness (QED) is 0.787. The van der Waals surface area contributed by atoms with E-state index >= 15 is 0 Å². The number of likely N-dealkylation sites (tertiary alicyclic amines) is 1. The van der Waals surface area contributed by atoms with Crippen LogP contribution in [0.1, 0.15) is 25.7 Å². The largest absolute Gasteiger partial charge is 0.491 e. The molecule has 1 saturated heterocycles. The molecule has 0 saturated carbocycles. The zero-order chi connectivity index (χ0) is 15.8. The number of piperidine rings is 1. The normalized spacial score (nSPS) is 15.8. The zero-order valence-corrected chi connectivity index (χ0v) is 13.2. The number of amides is 1. The summed E-state index contributed by atoms with van der Waals surface area (Å²) in [6.45, 7) is 3.08. The highest BCUT2D eigenvalue weighted by atomic mass is 19.1. The van der Waals surface area contributed by atoms with Gasteiger partial charge in [0.05, 0.1) is 6.61 Å². The molecule has 1 aromatic rings. The first-order valence-electron chi connectivity index (χ1n) is 8.00. The fourth-order valence-electron chi connectivity index (χ4n) is 2.80. The number of nitrogens with zero attached hydrogens (tertiary/aromatic N) is 1. The lowest BCUT2D eigenvalue weighted by molar-refractivity contribution is -0.132. The molecule has 0 bridgehead atoms. The summed E-state index contributed by atoms with van der Waals surface area (Å²) in [5.41, 5.74) is 0. The number of ether oxygens (including phenoxy) is 1. The van der Waals surface area contributed by atoms with Crippen LogP contribution >= 0.6 is 0 Å². The SMILES string of the molecule is CNCC1CCN(C(=O)CCCOc2ccccc2F)CC1. The van der Waals surface area contributed by atoms with Gasteiger partial charge in [-0.2, -0.15) is 0 Å². The Kier molecular flexibility index (Phi) is 6.65. The number of carbonyl (C=O) groups is 1. The predicted octanol–water partition coefficient (Wildman–Crippen LogP) is 2.44. The Hall–Kier alpha value is -1.62. The van der Waals surface area contributed by atoms with Crippen LogP contribution in [0.25, 0.3) is 0 Å². The van der Waals surface area contributed by atoms with Crippen molar-refractivity contribution < 1.29 is 13.9 Å². The van der Waals surface area contributed by atoms with E-state index < -0.39 is 0 Å². The highest BCUT2D eigenvalue weighted by Gasteiger charge is 2.21. The Labute approximate surface area is 131 Å². The van der Waals surface area contributed by atoms with Crippen molar-refractivity contribution in [2.45, 2.75) is 25.7 Å². The van der Waals surface area contributed by atoms with Gasteiger partial charge in [0.1, 0.15) is 0 Å². The van der Waals surface area contributed by atoms with E-state index in [1.54, 1.807) is 18.2 Å². The monoisotopic (exact) mass is 308 g/mol. The van der Waals surface area contributed by atoms with Gasteiger partial charge < -0.3 is 15.0 Å². The maximum atomic E-state index is 13.4. The molecular weight excluding hydrogens is 283 g/mol.